The van der Waals surface area contributed by atoms with Gasteiger partial charge in [0, 0.05) is 0 Å². The van der Waals surface area contributed by atoms with Crippen molar-refractivity contribution in [2.75, 3.05) is 12.0 Å². The first-order valence-electron chi connectivity index (χ1n) is 6.69. The molecule has 19 heavy (non-hydrogen) atoms. The van der Waals surface area contributed by atoms with Crippen LogP contribution in [0.25, 0.3) is 0 Å². The van der Waals surface area contributed by atoms with Crippen LogP contribution in [0.15, 0.2) is 12.7 Å². The van der Waals surface area contributed by atoms with Gasteiger partial charge in [0.2, 0.25) is 0 Å². The zero-order valence-electron chi connectivity index (χ0n) is 11.0. The Labute approximate surface area is 112 Å². The number of hydrogen-bond acceptors (Lipinski definition) is 6. The molecule has 1 saturated heterocycles. The summed E-state index contributed by atoms with van der Waals surface area (Å²) in [6.45, 7) is 2.28. The molecule has 2 heterocycles. The van der Waals surface area contributed by atoms with E-state index >= 15 is 0 Å². The Morgan fingerprint density at radius 3 is 2.58 bits per heavy atom. The largest absolute Gasteiger partial charge is 0.357 e. The first-order valence-corrected chi connectivity index (χ1v) is 8.24. The second-order valence-electron chi connectivity index (χ2n) is 5.28. The molecule has 106 valence electrons. The quantitative estimate of drug-likeness (QED) is 0.857. The fourth-order valence-corrected chi connectivity index (χ4v) is 5.36. The lowest BCUT2D eigenvalue weighted by Gasteiger charge is -2.40. The zero-order chi connectivity index (χ0) is 13.3. The van der Waals surface area contributed by atoms with E-state index in [1.54, 1.807) is 17.3 Å². The van der Waals surface area contributed by atoms with Crippen molar-refractivity contribution >= 4 is 7.60 Å². The van der Waals surface area contributed by atoms with Crippen LogP contribution < -0.4 is 5.43 Å². The summed E-state index contributed by atoms with van der Waals surface area (Å²) < 4.78 is 25.9. The summed E-state index contributed by atoms with van der Waals surface area (Å²) in [5.41, 5.74) is 3.26. The number of aromatic nitrogens is 3. The van der Waals surface area contributed by atoms with Crippen molar-refractivity contribution in [2.45, 2.75) is 50.4 Å². The normalized spacial score (nSPS) is 34.3. The molecule has 8 heteroatoms. The molecular formula is C11H19N4O3P. The molecule has 7 nitrogen and oxygen atoms in total. The minimum atomic E-state index is -3.16. The Balaban J connectivity index is 1.90. The average molecular weight is 286 g/mol. The minimum absolute atomic E-state index is 0.118. The van der Waals surface area contributed by atoms with Crippen molar-refractivity contribution in [1.29, 1.82) is 0 Å². The van der Waals surface area contributed by atoms with Gasteiger partial charge in [-0.05, 0) is 19.8 Å². The Hall–Kier alpha value is -0.910. The van der Waals surface area contributed by atoms with Gasteiger partial charge in [-0.3, -0.25) is 4.57 Å². The minimum Gasteiger partial charge on any atom is -0.305 e. The van der Waals surface area contributed by atoms with Gasteiger partial charge in [-0.25, -0.2) is 4.68 Å². The van der Waals surface area contributed by atoms with Crippen LogP contribution in [0.3, 0.4) is 0 Å². The molecule has 1 aromatic rings. The average Bonchev–Trinajstić information content (AvgIpc) is 3.01. The van der Waals surface area contributed by atoms with Gasteiger partial charge < -0.3 is 14.5 Å². The van der Waals surface area contributed by atoms with Crippen LogP contribution in [0.1, 0.15) is 39.0 Å². The second kappa shape index (κ2) is 4.89. The molecule has 2 atom stereocenters. The third-order valence-corrected chi connectivity index (χ3v) is 6.48. The topological polar surface area (TPSA) is 78.3 Å². The molecule has 1 aliphatic heterocycles. The molecule has 1 aromatic heterocycles. The van der Waals surface area contributed by atoms with Gasteiger partial charge in [0.15, 0.2) is 5.28 Å². The molecule has 0 aromatic carbocycles. The summed E-state index contributed by atoms with van der Waals surface area (Å²) in [6, 6.07) is 0. The molecule has 1 aliphatic carbocycles. The van der Waals surface area contributed by atoms with E-state index in [9.17, 15) is 4.57 Å². The van der Waals surface area contributed by atoms with Crippen LogP contribution in [-0.4, -0.2) is 32.9 Å². The van der Waals surface area contributed by atoms with Gasteiger partial charge in [0.1, 0.15) is 12.7 Å². The molecule has 3 rings (SSSR count). The highest BCUT2D eigenvalue weighted by Gasteiger charge is 2.55. The lowest BCUT2D eigenvalue weighted by molar-refractivity contribution is 0.241. The molecule has 2 fully saturated rings. The van der Waals surface area contributed by atoms with Crippen LogP contribution in [0.2, 0.25) is 0 Å². The smallest absolute Gasteiger partial charge is 0.305 e. The standard InChI is InChI=1S/C11H19N4O3P/c1-10-7-17-19(16,18-10)11(5-3-2-4-6-11)14-15-8-12-13-9-15/h8-10,14H,2-7H2,1H3/t10-,19-/m0/s1. The Morgan fingerprint density at radius 1 is 1.32 bits per heavy atom. The van der Waals surface area contributed by atoms with Gasteiger partial charge in [0.05, 0.1) is 12.7 Å². The summed E-state index contributed by atoms with van der Waals surface area (Å²) in [5.74, 6) is 0. The maximum Gasteiger partial charge on any atom is 0.357 e. The Bertz CT molecular complexity index is 472. The predicted molar refractivity (Wildman–Crippen MR) is 69.3 cm³/mol. The zero-order valence-corrected chi connectivity index (χ0v) is 11.9. The molecule has 0 unspecified atom stereocenters. The Morgan fingerprint density at radius 2 is 2.00 bits per heavy atom. The van der Waals surface area contributed by atoms with E-state index in [1.807, 2.05) is 6.92 Å². The van der Waals surface area contributed by atoms with E-state index in [4.69, 9.17) is 9.05 Å². The lowest BCUT2D eigenvalue weighted by Crippen LogP contribution is -2.44. The van der Waals surface area contributed by atoms with Crippen molar-refractivity contribution in [1.82, 2.24) is 14.9 Å². The van der Waals surface area contributed by atoms with Crippen molar-refractivity contribution in [2.24, 2.45) is 0 Å². The Kier molecular flexibility index (Phi) is 3.37. The van der Waals surface area contributed by atoms with Crippen LogP contribution in [0.5, 0.6) is 0 Å². The molecule has 0 spiro atoms. The highest BCUT2D eigenvalue weighted by atomic mass is 31.2. The molecule has 0 radical (unpaired) electrons. The first-order chi connectivity index (χ1) is 9.14. The van der Waals surface area contributed by atoms with Crippen molar-refractivity contribution in [3.63, 3.8) is 0 Å². The summed E-state index contributed by atoms with van der Waals surface area (Å²) in [5, 5.41) is 6.87. The van der Waals surface area contributed by atoms with Crippen LogP contribution in [-0.2, 0) is 13.6 Å². The number of nitrogens with one attached hydrogen (secondary N) is 1. The van der Waals surface area contributed by atoms with E-state index < -0.39 is 12.9 Å². The van der Waals surface area contributed by atoms with Crippen molar-refractivity contribution in [3.8, 4) is 0 Å². The van der Waals surface area contributed by atoms with Gasteiger partial charge in [-0.2, -0.15) is 0 Å². The van der Waals surface area contributed by atoms with Crippen molar-refractivity contribution in [3.05, 3.63) is 12.7 Å². The highest BCUT2D eigenvalue weighted by Crippen LogP contribution is 2.67. The number of nitrogens with zero attached hydrogens (tertiary/aromatic N) is 3. The summed E-state index contributed by atoms with van der Waals surface area (Å²) >= 11 is 0. The SMILES string of the molecule is C[C@H]1CO[P@@](=O)(C2(Nn3cnnc3)CCCCC2)O1. The van der Waals surface area contributed by atoms with Gasteiger partial charge in [-0.15, -0.1) is 10.2 Å². The summed E-state index contributed by atoms with van der Waals surface area (Å²) in [4.78, 5) is 0. The monoisotopic (exact) mass is 286 g/mol. The molecule has 1 N–H and O–H groups in total. The summed E-state index contributed by atoms with van der Waals surface area (Å²) in [6.07, 6.45) is 7.73. The maximum atomic E-state index is 13.1. The number of rotatable bonds is 3. The van der Waals surface area contributed by atoms with E-state index in [0.717, 1.165) is 32.1 Å². The van der Waals surface area contributed by atoms with Crippen LogP contribution in [0, 0.1) is 0 Å². The van der Waals surface area contributed by atoms with E-state index in [0.29, 0.717) is 6.61 Å². The fraction of sp³-hybridized carbons (Fsp3) is 0.818. The van der Waals surface area contributed by atoms with Crippen molar-refractivity contribution < 1.29 is 13.6 Å². The second-order valence-corrected chi connectivity index (χ2v) is 7.60. The molecular weight excluding hydrogens is 267 g/mol. The molecule has 0 bridgehead atoms. The van der Waals surface area contributed by atoms with Gasteiger partial charge >= 0.3 is 7.60 Å². The first kappa shape index (κ1) is 13.1. The molecule has 2 aliphatic rings. The fourth-order valence-electron chi connectivity index (χ4n) is 2.81. The molecule has 1 saturated carbocycles. The van der Waals surface area contributed by atoms with Gasteiger partial charge in [-0.1, -0.05) is 19.3 Å². The number of hydrogen-bond donors (Lipinski definition) is 1. The van der Waals surface area contributed by atoms with E-state index in [1.165, 1.54) is 0 Å². The third-order valence-electron chi connectivity index (χ3n) is 3.76. The highest BCUT2D eigenvalue weighted by molar-refractivity contribution is 7.56. The predicted octanol–water partition coefficient (Wildman–Crippen LogP) is 2.11. The van der Waals surface area contributed by atoms with E-state index in [2.05, 4.69) is 15.6 Å². The third kappa shape index (κ3) is 2.30. The molecule has 0 amide bonds. The van der Waals surface area contributed by atoms with E-state index in [-0.39, 0.29) is 6.10 Å². The van der Waals surface area contributed by atoms with Crippen LogP contribution >= 0.6 is 7.60 Å². The summed E-state index contributed by atoms with van der Waals surface area (Å²) in [7, 11) is -3.16. The lowest BCUT2D eigenvalue weighted by atomic mass is 9.95. The maximum absolute atomic E-state index is 13.1. The van der Waals surface area contributed by atoms with Gasteiger partial charge in [0.25, 0.3) is 0 Å². The van der Waals surface area contributed by atoms with Crippen LogP contribution in [0.4, 0.5) is 0 Å².